The van der Waals surface area contributed by atoms with E-state index in [2.05, 4.69) is 10.4 Å². The average Bonchev–Trinajstić information content (AvgIpc) is 2.73. The van der Waals surface area contributed by atoms with Crippen LogP contribution in [0.1, 0.15) is 36.9 Å². The zero-order chi connectivity index (χ0) is 23.6. The predicted octanol–water partition coefficient (Wildman–Crippen LogP) is 3.98. The lowest BCUT2D eigenvalue weighted by Gasteiger charge is -2.49. The number of alkyl halides is 3. The van der Waals surface area contributed by atoms with Crippen molar-refractivity contribution in [3.05, 3.63) is 63.8 Å². The third-order valence-corrected chi connectivity index (χ3v) is 6.60. The Morgan fingerprint density at radius 3 is 2.50 bits per heavy atom. The number of aromatic hydroxyl groups is 1. The Morgan fingerprint density at radius 1 is 1.16 bits per heavy atom. The van der Waals surface area contributed by atoms with Crippen LogP contribution in [-0.2, 0) is 7.05 Å². The van der Waals surface area contributed by atoms with E-state index in [-0.39, 0.29) is 27.6 Å². The van der Waals surface area contributed by atoms with Gasteiger partial charge >= 0.3 is 6.18 Å². The van der Waals surface area contributed by atoms with Crippen LogP contribution in [0.3, 0.4) is 0 Å². The van der Waals surface area contributed by atoms with E-state index in [0.29, 0.717) is 0 Å². The molecule has 10 heteroatoms. The number of aromatic nitrogens is 2. The van der Waals surface area contributed by atoms with E-state index in [4.69, 9.17) is 0 Å². The number of halogens is 4. The molecule has 0 spiro atoms. The summed E-state index contributed by atoms with van der Waals surface area (Å²) in [6.07, 6.45) is -3.72. The van der Waals surface area contributed by atoms with Gasteiger partial charge in [0.25, 0.3) is 5.56 Å². The highest BCUT2D eigenvalue weighted by Crippen LogP contribution is 2.57. The molecule has 0 radical (unpaired) electrons. The second-order valence-corrected chi connectivity index (χ2v) is 8.22. The van der Waals surface area contributed by atoms with E-state index in [1.807, 2.05) is 0 Å². The number of aryl methyl sites for hydroxylation is 1. The molecular weight excluding hydrogens is 430 g/mol. The lowest BCUT2D eigenvalue weighted by Crippen LogP contribution is -2.60. The molecule has 1 aliphatic carbocycles. The minimum atomic E-state index is -5.06. The molecule has 3 N–H and O–H groups in total. The van der Waals surface area contributed by atoms with E-state index in [9.17, 15) is 32.6 Å². The van der Waals surface area contributed by atoms with Gasteiger partial charge in [0, 0.05) is 29.6 Å². The third-order valence-electron chi connectivity index (χ3n) is 6.60. The molecule has 3 aromatic rings. The van der Waals surface area contributed by atoms with E-state index < -0.39 is 46.8 Å². The fraction of sp³-hybridized carbons (Fsp3) is 0.364. The predicted molar refractivity (Wildman–Crippen MR) is 110 cm³/mol. The molecule has 0 amide bonds. The lowest BCUT2D eigenvalue weighted by molar-refractivity contribution is -0.289. The van der Waals surface area contributed by atoms with Crippen LogP contribution in [0.25, 0.3) is 10.8 Å². The van der Waals surface area contributed by atoms with Gasteiger partial charge in [0.05, 0.1) is 17.6 Å². The second kappa shape index (κ2) is 7.19. The van der Waals surface area contributed by atoms with Crippen LogP contribution >= 0.6 is 0 Å². The molecule has 1 aliphatic rings. The van der Waals surface area contributed by atoms with Gasteiger partial charge in [-0.2, -0.15) is 18.3 Å². The van der Waals surface area contributed by atoms with Crippen LogP contribution in [0.5, 0.6) is 5.75 Å². The first kappa shape index (κ1) is 22.1. The van der Waals surface area contributed by atoms with Gasteiger partial charge in [-0.3, -0.25) is 4.79 Å². The lowest BCUT2D eigenvalue weighted by atomic mass is 9.64. The van der Waals surface area contributed by atoms with Crippen molar-refractivity contribution in [3.8, 4) is 5.75 Å². The van der Waals surface area contributed by atoms with Gasteiger partial charge in [-0.25, -0.2) is 9.07 Å². The van der Waals surface area contributed by atoms with E-state index in [1.54, 1.807) is 0 Å². The first-order chi connectivity index (χ1) is 14.9. The quantitative estimate of drug-likeness (QED) is 0.513. The summed E-state index contributed by atoms with van der Waals surface area (Å²) in [6, 6.07) is 4.68. The zero-order valence-electron chi connectivity index (χ0n) is 17.4. The SMILES string of the molecule is CC1c2c(ccc(F)c2O)C(Nc2cccc3c(=O)n(C)ncc23)C(O)(C(F)(F)F)C1C. The Bertz CT molecular complexity index is 1270. The monoisotopic (exact) mass is 451 g/mol. The molecular formula is C22H21F4N3O3. The van der Waals surface area contributed by atoms with Crippen LogP contribution in [0.15, 0.2) is 41.3 Å². The van der Waals surface area contributed by atoms with Crippen molar-refractivity contribution in [2.75, 3.05) is 5.32 Å². The largest absolute Gasteiger partial charge is 0.505 e. The number of aliphatic hydroxyl groups is 1. The summed E-state index contributed by atoms with van der Waals surface area (Å²) in [7, 11) is 1.45. The van der Waals surface area contributed by atoms with Gasteiger partial charge in [0.1, 0.15) is 0 Å². The van der Waals surface area contributed by atoms with Crippen molar-refractivity contribution in [1.29, 1.82) is 0 Å². The normalized spacial score (nSPS) is 25.6. The molecule has 0 saturated carbocycles. The highest BCUT2D eigenvalue weighted by atomic mass is 19.4. The van der Waals surface area contributed by atoms with Crippen LogP contribution in [-0.4, -0.2) is 31.8 Å². The van der Waals surface area contributed by atoms with Crippen molar-refractivity contribution in [2.45, 2.75) is 37.6 Å². The molecule has 32 heavy (non-hydrogen) atoms. The minimum Gasteiger partial charge on any atom is -0.505 e. The Kier molecular flexibility index (Phi) is 4.96. The van der Waals surface area contributed by atoms with Crippen molar-refractivity contribution >= 4 is 16.5 Å². The number of hydrogen-bond donors (Lipinski definition) is 3. The summed E-state index contributed by atoms with van der Waals surface area (Å²) in [5, 5.41) is 28.6. The van der Waals surface area contributed by atoms with Crippen molar-refractivity contribution in [3.63, 3.8) is 0 Å². The molecule has 0 saturated heterocycles. The maximum absolute atomic E-state index is 14.3. The number of rotatable bonds is 2. The van der Waals surface area contributed by atoms with Gasteiger partial charge in [0.15, 0.2) is 17.2 Å². The minimum absolute atomic E-state index is 0.00167. The highest BCUT2D eigenvalue weighted by Gasteiger charge is 2.65. The maximum Gasteiger partial charge on any atom is 0.419 e. The molecule has 0 fully saturated rings. The fourth-order valence-electron chi connectivity index (χ4n) is 4.61. The van der Waals surface area contributed by atoms with E-state index in [1.165, 1.54) is 45.3 Å². The molecule has 1 heterocycles. The molecule has 4 rings (SSSR count). The van der Waals surface area contributed by atoms with Crippen molar-refractivity contribution < 1.29 is 27.8 Å². The number of nitrogens with zero attached hydrogens (tertiary/aromatic N) is 2. The van der Waals surface area contributed by atoms with Crippen molar-refractivity contribution in [1.82, 2.24) is 9.78 Å². The number of benzene rings is 2. The summed E-state index contributed by atoms with van der Waals surface area (Å²) in [5.41, 5.74) is -3.64. The first-order valence-corrected chi connectivity index (χ1v) is 9.91. The molecule has 0 bridgehead atoms. The molecule has 1 aromatic heterocycles. The Balaban J connectivity index is 1.98. The van der Waals surface area contributed by atoms with E-state index >= 15 is 0 Å². The number of nitrogens with one attached hydrogen (secondary N) is 1. The average molecular weight is 451 g/mol. The van der Waals surface area contributed by atoms with Crippen LogP contribution < -0.4 is 10.9 Å². The molecule has 4 atom stereocenters. The van der Waals surface area contributed by atoms with Crippen molar-refractivity contribution in [2.24, 2.45) is 13.0 Å². The van der Waals surface area contributed by atoms with E-state index in [0.717, 1.165) is 16.8 Å². The number of anilines is 1. The molecule has 6 nitrogen and oxygen atoms in total. The number of hydrogen-bond acceptors (Lipinski definition) is 5. The molecule has 4 unspecified atom stereocenters. The van der Waals surface area contributed by atoms with Gasteiger partial charge in [0.2, 0.25) is 0 Å². The summed E-state index contributed by atoms with van der Waals surface area (Å²) >= 11 is 0. The van der Waals surface area contributed by atoms with Gasteiger partial charge < -0.3 is 15.5 Å². The number of phenolic OH excluding ortho intramolecular Hbond substituents is 1. The summed E-state index contributed by atoms with van der Waals surface area (Å²) in [6.45, 7) is 2.61. The van der Waals surface area contributed by atoms with Gasteiger partial charge in [-0.15, -0.1) is 0 Å². The highest BCUT2D eigenvalue weighted by molar-refractivity contribution is 5.92. The summed E-state index contributed by atoms with van der Waals surface area (Å²) < 4.78 is 58.1. The van der Waals surface area contributed by atoms with Crippen LogP contribution in [0.2, 0.25) is 0 Å². The maximum atomic E-state index is 14.3. The molecule has 2 aromatic carbocycles. The Labute approximate surface area is 180 Å². The summed E-state index contributed by atoms with van der Waals surface area (Å²) in [5.74, 6) is -4.13. The zero-order valence-corrected chi connectivity index (χ0v) is 17.4. The standard InChI is InChI=1S/C22H21F4N3O3/c1-10-11(2)21(32,22(24,25)26)19(13-7-8-15(23)18(30)17(10)13)28-16-6-4-5-12-14(16)9-27-29(3)20(12)31/h4-11,19,28,30,32H,1-3H3. The Morgan fingerprint density at radius 2 is 1.84 bits per heavy atom. The summed E-state index contributed by atoms with van der Waals surface area (Å²) in [4.78, 5) is 12.4. The third kappa shape index (κ3) is 2.96. The number of phenols is 1. The van der Waals surface area contributed by atoms with Gasteiger partial charge in [-0.05, 0) is 29.7 Å². The number of fused-ring (bicyclic) bond motifs is 2. The second-order valence-electron chi connectivity index (χ2n) is 8.22. The smallest absolute Gasteiger partial charge is 0.419 e. The topological polar surface area (TPSA) is 87.4 Å². The molecule has 170 valence electrons. The van der Waals surface area contributed by atoms with Gasteiger partial charge in [-0.1, -0.05) is 26.0 Å². The Hall–Kier alpha value is -3.14. The molecule has 0 aliphatic heterocycles. The van der Waals surface area contributed by atoms with Crippen LogP contribution in [0, 0.1) is 11.7 Å². The van der Waals surface area contributed by atoms with Crippen LogP contribution in [0.4, 0.5) is 23.2 Å². The fourth-order valence-corrected chi connectivity index (χ4v) is 4.61. The first-order valence-electron chi connectivity index (χ1n) is 9.91.